The summed E-state index contributed by atoms with van der Waals surface area (Å²) in [7, 11) is 3.70. The van der Waals surface area contributed by atoms with Crippen molar-refractivity contribution in [1.82, 2.24) is 5.32 Å². The van der Waals surface area contributed by atoms with E-state index in [1.807, 2.05) is 13.1 Å². The largest absolute Gasteiger partial charge is 0.383 e. The molecule has 1 atom stereocenters. The number of likely N-dealkylation sites (N-methyl/N-ethyl adjacent to an activating group) is 1. The van der Waals surface area contributed by atoms with Crippen LogP contribution in [0.5, 0.6) is 0 Å². The molecule has 0 unspecified atom stereocenters. The molecule has 0 aliphatic heterocycles. The minimum absolute atomic E-state index is 0.410. The molecule has 1 N–H and O–H groups in total. The Kier molecular flexibility index (Phi) is 4.50. The summed E-state index contributed by atoms with van der Waals surface area (Å²) in [4.78, 5) is 0. The monoisotopic (exact) mass is 179 g/mol. The van der Waals surface area contributed by atoms with Gasteiger partial charge in [0.05, 0.1) is 6.61 Å². The minimum atomic E-state index is 0.410. The average molecular weight is 179 g/mol. The summed E-state index contributed by atoms with van der Waals surface area (Å²) in [5, 5.41) is 3.23. The standard InChI is InChI=1S/C11H17NO/c1-12-11(9-13-2)8-10-6-4-3-5-7-10/h3-7,11-12H,8-9H2,1-2H3/t11-/m0/s1. The van der Waals surface area contributed by atoms with Gasteiger partial charge < -0.3 is 10.1 Å². The lowest BCUT2D eigenvalue weighted by Crippen LogP contribution is -2.31. The molecule has 0 saturated heterocycles. The van der Waals surface area contributed by atoms with E-state index >= 15 is 0 Å². The van der Waals surface area contributed by atoms with Crippen molar-refractivity contribution in [3.8, 4) is 0 Å². The highest BCUT2D eigenvalue weighted by Gasteiger charge is 2.05. The summed E-state index contributed by atoms with van der Waals surface area (Å²) in [6.07, 6.45) is 1.02. The molecule has 0 radical (unpaired) electrons. The maximum absolute atomic E-state index is 5.10. The molecule has 1 aromatic carbocycles. The summed E-state index contributed by atoms with van der Waals surface area (Å²) in [6.45, 7) is 0.755. The molecule has 0 aliphatic rings. The fraction of sp³-hybridized carbons (Fsp3) is 0.455. The Morgan fingerprint density at radius 3 is 2.54 bits per heavy atom. The van der Waals surface area contributed by atoms with Crippen molar-refractivity contribution in [2.75, 3.05) is 20.8 Å². The zero-order chi connectivity index (χ0) is 9.52. The number of benzene rings is 1. The van der Waals surface area contributed by atoms with Crippen LogP contribution in [-0.2, 0) is 11.2 Å². The second-order valence-electron chi connectivity index (χ2n) is 3.13. The van der Waals surface area contributed by atoms with Crippen LogP contribution in [0.25, 0.3) is 0 Å². The zero-order valence-electron chi connectivity index (χ0n) is 8.29. The molecule has 72 valence electrons. The SMILES string of the molecule is CN[C@H](COC)Cc1ccccc1. The number of ether oxygens (including phenoxy) is 1. The molecule has 1 aromatic rings. The van der Waals surface area contributed by atoms with Gasteiger partial charge in [-0.1, -0.05) is 30.3 Å². The summed E-state index contributed by atoms with van der Waals surface area (Å²) >= 11 is 0. The predicted octanol–water partition coefficient (Wildman–Crippen LogP) is 1.46. The summed E-state index contributed by atoms with van der Waals surface area (Å²) in [5.74, 6) is 0. The van der Waals surface area contributed by atoms with E-state index in [0.717, 1.165) is 13.0 Å². The summed E-state index contributed by atoms with van der Waals surface area (Å²) < 4.78 is 5.10. The number of hydrogen-bond acceptors (Lipinski definition) is 2. The van der Waals surface area contributed by atoms with Crippen LogP contribution in [0.1, 0.15) is 5.56 Å². The van der Waals surface area contributed by atoms with Crippen LogP contribution in [0.4, 0.5) is 0 Å². The van der Waals surface area contributed by atoms with Crippen LogP contribution >= 0.6 is 0 Å². The van der Waals surface area contributed by atoms with Crippen LogP contribution in [0, 0.1) is 0 Å². The Balaban J connectivity index is 2.46. The van der Waals surface area contributed by atoms with Gasteiger partial charge in [-0.15, -0.1) is 0 Å². The molecule has 0 heterocycles. The third-order valence-electron chi connectivity index (χ3n) is 2.10. The van der Waals surface area contributed by atoms with Crippen molar-refractivity contribution in [3.05, 3.63) is 35.9 Å². The lowest BCUT2D eigenvalue weighted by atomic mass is 10.1. The van der Waals surface area contributed by atoms with Gasteiger partial charge in [0.25, 0.3) is 0 Å². The van der Waals surface area contributed by atoms with Crippen molar-refractivity contribution in [2.45, 2.75) is 12.5 Å². The van der Waals surface area contributed by atoms with E-state index in [2.05, 4.69) is 29.6 Å². The minimum Gasteiger partial charge on any atom is -0.383 e. The van der Waals surface area contributed by atoms with Crippen molar-refractivity contribution < 1.29 is 4.74 Å². The van der Waals surface area contributed by atoms with E-state index in [1.165, 1.54) is 5.56 Å². The first-order valence-electron chi connectivity index (χ1n) is 4.57. The Labute approximate surface area is 79.9 Å². The fourth-order valence-corrected chi connectivity index (χ4v) is 1.34. The number of rotatable bonds is 5. The van der Waals surface area contributed by atoms with Crippen molar-refractivity contribution in [2.24, 2.45) is 0 Å². The summed E-state index contributed by atoms with van der Waals surface area (Å²) in [6, 6.07) is 10.9. The highest BCUT2D eigenvalue weighted by Crippen LogP contribution is 2.02. The second kappa shape index (κ2) is 5.73. The van der Waals surface area contributed by atoms with Crippen LogP contribution in [0.3, 0.4) is 0 Å². The number of hydrogen-bond donors (Lipinski definition) is 1. The van der Waals surface area contributed by atoms with E-state index in [1.54, 1.807) is 7.11 Å². The van der Waals surface area contributed by atoms with E-state index < -0.39 is 0 Å². The maximum atomic E-state index is 5.10. The first-order valence-corrected chi connectivity index (χ1v) is 4.57. The molecule has 0 bridgehead atoms. The average Bonchev–Trinajstić information content (AvgIpc) is 2.19. The molecule has 0 saturated carbocycles. The van der Waals surface area contributed by atoms with Gasteiger partial charge in [-0.2, -0.15) is 0 Å². The molecular weight excluding hydrogens is 162 g/mol. The lowest BCUT2D eigenvalue weighted by Gasteiger charge is -2.14. The van der Waals surface area contributed by atoms with Gasteiger partial charge in [0.15, 0.2) is 0 Å². The van der Waals surface area contributed by atoms with Crippen molar-refractivity contribution in [1.29, 1.82) is 0 Å². The molecule has 2 heteroatoms. The Bertz CT molecular complexity index is 223. The predicted molar refractivity (Wildman–Crippen MR) is 54.9 cm³/mol. The third kappa shape index (κ3) is 3.57. The van der Waals surface area contributed by atoms with Gasteiger partial charge in [0.2, 0.25) is 0 Å². The van der Waals surface area contributed by atoms with Gasteiger partial charge in [-0.3, -0.25) is 0 Å². The van der Waals surface area contributed by atoms with Gasteiger partial charge in [-0.25, -0.2) is 0 Å². The van der Waals surface area contributed by atoms with Crippen molar-refractivity contribution >= 4 is 0 Å². The smallest absolute Gasteiger partial charge is 0.0618 e. The topological polar surface area (TPSA) is 21.3 Å². The molecule has 0 spiro atoms. The molecule has 2 nitrogen and oxygen atoms in total. The van der Waals surface area contributed by atoms with E-state index in [4.69, 9.17) is 4.74 Å². The molecular formula is C11H17NO. The van der Waals surface area contributed by atoms with E-state index in [-0.39, 0.29) is 0 Å². The summed E-state index contributed by atoms with van der Waals surface area (Å²) in [5.41, 5.74) is 1.35. The van der Waals surface area contributed by atoms with Crippen LogP contribution < -0.4 is 5.32 Å². The van der Waals surface area contributed by atoms with Gasteiger partial charge in [-0.05, 0) is 19.0 Å². The normalized spacial score (nSPS) is 12.8. The Morgan fingerprint density at radius 2 is 2.00 bits per heavy atom. The van der Waals surface area contributed by atoms with Crippen LogP contribution in [-0.4, -0.2) is 26.8 Å². The fourth-order valence-electron chi connectivity index (χ4n) is 1.34. The first kappa shape index (κ1) is 10.2. The van der Waals surface area contributed by atoms with Gasteiger partial charge in [0, 0.05) is 13.2 Å². The zero-order valence-corrected chi connectivity index (χ0v) is 8.29. The lowest BCUT2D eigenvalue weighted by molar-refractivity contribution is 0.169. The number of nitrogens with one attached hydrogen (secondary N) is 1. The maximum Gasteiger partial charge on any atom is 0.0618 e. The van der Waals surface area contributed by atoms with Crippen LogP contribution in [0.15, 0.2) is 30.3 Å². The van der Waals surface area contributed by atoms with E-state index in [9.17, 15) is 0 Å². The second-order valence-corrected chi connectivity index (χ2v) is 3.13. The van der Waals surface area contributed by atoms with Crippen molar-refractivity contribution in [3.63, 3.8) is 0 Å². The van der Waals surface area contributed by atoms with Crippen LogP contribution in [0.2, 0.25) is 0 Å². The highest BCUT2D eigenvalue weighted by molar-refractivity contribution is 5.15. The molecule has 0 aliphatic carbocycles. The van der Waals surface area contributed by atoms with Gasteiger partial charge >= 0.3 is 0 Å². The molecule has 0 fully saturated rings. The molecule has 0 amide bonds. The molecule has 0 aromatic heterocycles. The Morgan fingerprint density at radius 1 is 1.31 bits per heavy atom. The van der Waals surface area contributed by atoms with Gasteiger partial charge in [0.1, 0.15) is 0 Å². The molecule has 13 heavy (non-hydrogen) atoms. The molecule has 1 rings (SSSR count). The number of methoxy groups -OCH3 is 1. The quantitative estimate of drug-likeness (QED) is 0.739. The third-order valence-corrected chi connectivity index (χ3v) is 2.10. The first-order chi connectivity index (χ1) is 6.36. The Hall–Kier alpha value is -0.860. The highest BCUT2D eigenvalue weighted by atomic mass is 16.5. The van der Waals surface area contributed by atoms with E-state index in [0.29, 0.717) is 6.04 Å².